The average Bonchev–Trinajstić information content (AvgIpc) is 2.46. The van der Waals surface area contributed by atoms with Gasteiger partial charge in [-0.2, -0.15) is 0 Å². The predicted octanol–water partition coefficient (Wildman–Crippen LogP) is 2.97. The summed E-state index contributed by atoms with van der Waals surface area (Å²) in [5.41, 5.74) is 2.09. The molecule has 0 radical (unpaired) electrons. The van der Waals surface area contributed by atoms with Gasteiger partial charge in [0, 0.05) is 12.6 Å². The molecule has 0 atom stereocenters. The van der Waals surface area contributed by atoms with Crippen molar-refractivity contribution in [3.8, 4) is 5.75 Å². The zero-order valence-corrected chi connectivity index (χ0v) is 11.5. The van der Waals surface area contributed by atoms with E-state index in [1.54, 1.807) is 0 Å². The van der Waals surface area contributed by atoms with E-state index in [1.807, 2.05) is 31.2 Å². The van der Waals surface area contributed by atoms with Gasteiger partial charge in [0.15, 0.2) is 18.2 Å². The monoisotopic (exact) mass is 291 g/mol. The molecule has 0 aromatic heterocycles. The van der Waals surface area contributed by atoms with E-state index in [4.69, 9.17) is 4.74 Å². The van der Waals surface area contributed by atoms with Gasteiger partial charge in [0.25, 0.3) is 5.91 Å². The summed E-state index contributed by atoms with van der Waals surface area (Å²) >= 11 is 0. The number of carbonyl (C=O) groups excluding carboxylic acids is 1. The molecule has 0 aliphatic carbocycles. The quantitative estimate of drug-likeness (QED) is 0.919. The molecule has 2 rings (SSSR count). The molecular formula is C16H15F2NO2. The van der Waals surface area contributed by atoms with Crippen molar-refractivity contribution in [1.82, 2.24) is 5.32 Å². The fraction of sp³-hybridized carbons (Fsp3) is 0.188. The first-order valence-electron chi connectivity index (χ1n) is 6.44. The number of amides is 1. The summed E-state index contributed by atoms with van der Waals surface area (Å²) in [7, 11) is 0. The molecule has 0 saturated heterocycles. The van der Waals surface area contributed by atoms with Gasteiger partial charge in [0.1, 0.15) is 5.75 Å². The molecule has 2 aromatic carbocycles. The highest BCUT2D eigenvalue weighted by Crippen LogP contribution is 2.15. The third-order valence-corrected chi connectivity index (χ3v) is 2.83. The lowest BCUT2D eigenvalue weighted by molar-refractivity contribution is -0.123. The summed E-state index contributed by atoms with van der Waals surface area (Å²) in [6.45, 7) is 2.11. The van der Waals surface area contributed by atoms with Crippen LogP contribution in [-0.2, 0) is 11.3 Å². The van der Waals surface area contributed by atoms with Crippen molar-refractivity contribution in [3.63, 3.8) is 0 Å². The van der Waals surface area contributed by atoms with Crippen molar-refractivity contribution in [2.75, 3.05) is 6.61 Å². The number of rotatable bonds is 5. The molecule has 0 fully saturated rings. The molecule has 0 unspecified atom stereocenters. The molecule has 110 valence electrons. The first-order chi connectivity index (χ1) is 10.0. The molecular weight excluding hydrogens is 276 g/mol. The van der Waals surface area contributed by atoms with Gasteiger partial charge in [0.2, 0.25) is 0 Å². The molecule has 1 amide bonds. The van der Waals surface area contributed by atoms with Crippen LogP contribution in [0, 0.1) is 18.6 Å². The third kappa shape index (κ3) is 4.56. The lowest BCUT2D eigenvalue weighted by Gasteiger charge is -2.08. The Morgan fingerprint density at radius 3 is 2.67 bits per heavy atom. The van der Waals surface area contributed by atoms with E-state index in [2.05, 4.69) is 5.32 Å². The smallest absolute Gasteiger partial charge is 0.258 e. The Hall–Kier alpha value is -2.43. The van der Waals surface area contributed by atoms with E-state index in [0.29, 0.717) is 6.54 Å². The van der Waals surface area contributed by atoms with Crippen LogP contribution in [-0.4, -0.2) is 12.5 Å². The van der Waals surface area contributed by atoms with Crippen molar-refractivity contribution in [1.29, 1.82) is 0 Å². The summed E-state index contributed by atoms with van der Waals surface area (Å²) in [6.07, 6.45) is 0. The Morgan fingerprint density at radius 2 is 1.95 bits per heavy atom. The van der Waals surface area contributed by atoms with Crippen molar-refractivity contribution >= 4 is 5.91 Å². The second-order valence-corrected chi connectivity index (χ2v) is 4.63. The average molecular weight is 291 g/mol. The van der Waals surface area contributed by atoms with Crippen LogP contribution in [0.5, 0.6) is 5.75 Å². The van der Waals surface area contributed by atoms with Gasteiger partial charge in [0.05, 0.1) is 0 Å². The maximum Gasteiger partial charge on any atom is 0.258 e. The van der Waals surface area contributed by atoms with Crippen LogP contribution in [0.4, 0.5) is 8.78 Å². The molecule has 0 saturated carbocycles. The zero-order valence-electron chi connectivity index (χ0n) is 11.5. The number of aryl methyl sites for hydroxylation is 1. The van der Waals surface area contributed by atoms with Crippen molar-refractivity contribution in [2.45, 2.75) is 13.5 Å². The lowest BCUT2D eigenvalue weighted by atomic mass is 10.1. The number of ether oxygens (including phenoxy) is 1. The summed E-state index contributed by atoms with van der Waals surface area (Å²) < 4.78 is 30.8. The number of benzene rings is 2. The third-order valence-electron chi connectivity index (χ3n) is 2.83. The van der Waals surface area contributed by atoms with Crippen LogP contribution in [0.2, 0.25) is 0 Å². The van der Waals surface area contributed by atoms with Gasteiger partial charge in [-0.15, -0.1) is 0 Å². The summed E-state index contributed by atoms with van der Waals surface area (Å²) in [5, 5.41) is 2.69. The highest BCUT2D eigenvalue weighted by molar-refractivity contribution is 5.77. The first-order valence-corrected chi connectivity index (χ1v) is 6.44. The lowest BCUT2D eigenvalue weighted by Crippen LogP contribution is -2.28. The minimum absolute atomic E-state index is 0.111. The molecule has 21 heavy (non-hydrogen) atoms. The Morgan fingerprint density at radius 1 is 1.14 bits per heavy atom. The largest absolute Gasteiger partial charge is 0.484 e. The Labute approximate surface area is 121 Å². The highest BCUT2D eigenvalue weighted by Gasteiger charge is 2.06. The molecule has 0 spiro atoms. The second kappa shape index (κ2) is 6.83. The van der Waals surface area contributed by atoms with Gasteiger partial charge in [-0.05, 0) is 24.6 Å². The summed E-state index contributed by atoms with van der Waals surface area (Å²) in [4.78, 5) is 11.6. The van der Waals surface area contributed by atoms with E-state index in [9.17, 15) is 13.6 Å². The molecule has 1 N–H and O–H groups in total. The van der Waals surface area contributed by atoms with Crippen molar-refractivity contribution in [3.05, 3.63) is 65.2 Å². The van der Waals surface area contributed by atoms with Crippen LogP contribution in [0.25, 0.3) is 0 Å². The topological polar surface area (TPSA) is 38.3 Å². The molecule has 3 nitrogen and oxygen atoms in total. The number of hydrogen-bond donors (Lipinski definition) is 1. The maximum atomic E-state index is 13.0. The van der Waals surface area contributed by atoms with E-state index in [-0.39, 0.29) is 18.3 Å². The number of nitrogens with one attached hydrogen (secondary N) is 1. The molecule has 2 aromatic rings. The van der Waals surface area contributed by atoms with Gasteiger partial charge >= 0.3 is 0 Å². The second-order valence-electron chi connectivity index (χ2n) is 4.63. The van der Waals surface area contributed by atoms with Gasteiger partial charge in [-0.1, -0.05) is 29.8 Å². The Kier molecular flexibility index (Phi) is 4.87. The summed E-state index contributed by atoms with van der Waals surface area (Å²) in [5.74, 6) is -2.18. The highest BCUT2D eigenvalue weighted by atomic mass is 19.2. The minimum Gasteiger partial charge on any atom is -0.484 e. The predicted molar refractivity (Wildman–Crippen MR) is 74.9 cm³/mol. The fourth-order valence-electron chi connectivity index (χ4n) is 1.79. The van der Waals surface area contributed by atoms with E-state index < -0.39 is 11.6 Å². The summed E-state index contributed by atoms with van der Waals surface area (Å²) in [6, 6.07) is 10.9. The molecule has 0 aliphatic rings. The molecule has 0 bridgehead atoms. The van der Waals surface area contributed by atoms with Crippen molar-refractivity contribution < 1.29 is 18.3 Å². The van der Waals surface area contributed by atoms with Crippen LogP contribution in [0.1, 0.15) is 11.1 Å². The Bertz CT molecular complexity index is 644. The Balaban J connectivity index is 1.80. The normalized spacial score (nSPS) is 10.2. The standard InChI is InChI=1S/C16H15F2NO2/c1-11-3-2-4-12(7-11)9-19-16(20)10-21-13-5-6-14(17)15(18)8-13/h2-8H,9-10H2,1H3,(H,19,20). The molecule has 5 heteroatoms. The van der Waals surface area contributed by atoms with E-state index in [1.165, 1.54) is 6.07 Å². The fourth-order valence-corrected chi connectivity index (χ4v) is 1.79. The van der Waals surface area contributed by atoms with E-state index in [0.717, 1.165) is 23.3 Å². The maximum absolute atomic E-state index is 13.0. The minimum atomic E-state index is -1.01. The van der Waals surface area contributed by atoms with Gasteiger partial charge in [-0.3, -0.25) is 4.79 Å². The van der Waals surface area contributed by atoms with Crippen LogP contribution >= 0.6 is 0 Å². The first kappa shape index (κ1) is 15.0. The number of halogens is 2. The van der Waals surface area contributed by atoms with E-state index >= 15 is 0 Å². The number of carbonyl (C=O) groups is 1. The van der Waals surface area contributed by atoms with Gasteiger partial charge < -0.3 is 10.1 Å². The van der Waals surface area contributed by atoms with Crippen LogP contribution in [0.15, 0.2) is 42.5 Å². The number of hydrogen-bond acceptors (Lipinski definition) is 2. The molecule has 0 heterocycles. The van der Waals surface area contributed by atoms with Crippen LogP contribution in [0.3, 0.4) is 0 Å². The van der Waals surface area contributed by atoms with Crippen molar-refractivity contribution in [2.24, 2.45) is 0 Å². The zero-order chi connectivity index (χ0) is 15.2. The van der Waals surface area contributed by atoms with Crippen LogP contribution < -0.4 is 10.1 Å². The van der Waals surface area contributed by atoms with Gasteiger partial charge in [-0.25, -0.2) is 8.78 Å². The SMILES string of the molecule is Cc1cccc(CNC(=O)COc2ccc(F)c(F)c2)c1. The molecule has 0 aliphatic heterocycles.